The Hall–Kier alpha value is -1.76. The summed E-state index contributed by atoms with van der Waals surface area (Å²) in [6.45, 7) is 1.49. The minimum Gasteiger partial charge on any atom is -0.493 e. The van der Waals surface area contributed by atoms with Crippen LogP contribution < -0.4 is 15.8 Å². The van der Waals surface area contributed by atoms with Gasteiger partial charge < -0.3 is 15.8 Å². The van der Waals surface area contributed by atoms with Crippen molar-refractivity contribution in [2.75, 3.05) is 13.2 Å². The number of ether oxygens (including phenoxy) is 1. The molecule has 1 aliphatic heterocycles. The number of nitrogens with one attached hydrogen (secondary N) is 1. The molecule has 0 amide bonds. The number of rotatable bonds is 7. The molecule has 2 aromatic carbocycles. The average molecular weight is 465 g/mol. The lowest BCUT2D eigenvalue weighted by Gasteiger charge is -2.26. The van der Waals surface area contributed by atoms with Gasteiger partial charge in [0.1, 0.15) is 5.75 Å². The van der Waals surface area contributed by atoms with Crippen molar-refractivity contribution in [2.24, 2.45) is 10.7 Å². The molecular formula is C21H28IN3O. The first-order valence-corrected chi connectivity index (χ1v) is 9.15. The maximum atomic E-state index is 6.07. The van der Waals surface area contributed by atoms with Crippen LogP contribution in [0.2, 0.25) is 0 Å². The van der Waals surface area contributed by atoms with Crippen molar-refractivity contribution in [1.29, 1.82) is 0 Å². The standard InChI is InChI=1S/C21H27N3O.HI/c22-21(23-15-8-2-5-11-17-9-3-1-4-10-17)24-19-14-16-25-20-13-7-6-12-18(19)20;/h1,3-4,6-7,9-10,12-13,19H,2,5,8,11,14-16H2,(H3,22,23,24);1H. The number of halogens is 1. The zero-order chi connectivity index (χ0) is 17.3. The maximum absolute atomic E-state index is 6.07. The fourth-order valence-electron chi connectivity index (χ4n) is 3.18. The molecule has 5 heteroatoms. The number of nitrogens with two attached hydrogens (primary N) is 1. The van der Waals surface area contributed by atoms with Crippen LogP contribution in [0.4, 0.5) is 0 Å². The molecule has 26 heavy (non-hydrogen) atoms. The third kappa shape index (κ3) is 6.20. The lowest BCUT2D eigenvalue weighted by molar-refractivity contribution is 0.262. The molecule has 0 saturated heterocycles. The summed E-state index contributed by atoms with van der Waals surface area (Å²) < 4.78 is 5.68. The van der Waals surface area contributed by atoms with E-state index in [1.807, 2.05) is 18.2 Å². The van der Waals surface area contributed by atoms with E-state index in [0.29, 0.717) is 12.6 Å². The monoisotopic (exact) mass is 465 g/mol. The van der Waals surface area contributed by atoms with Crippen LogP contribution in [-0.2, 0) is 6.42 Å². The summed E-state index contributed by atoms with van der Waals surface area (Å²) in [4.78, 5) is 4.48. The molecular weight excluding hydrogens is 437 g/mol. The van der Waals surface area contributed by atoms with Gasteiger partial charge in [-0.15, -0.1) is 24.0 Å². The predicted molar refractivity (Wildman–Crippen MR) is 118 cm³/mol. The highest BCUT2D eigenvalue weighted by atomic mass is 127. The number of nitrogens with zero attached hydrogens (tertiary/aromatic N) is 1. The van der Waals surface area contributed by atoms with Crippen molar-refractivity contribution in [1.82, 2.24) is 5.32 Å². The average Bonchev–Trinajstić information content (AvgIpc) is 2.66. The molecule has 2 aromatic rings. The smallest absolute Gasteiger partial charge is 0.189 e. The van der Waals surface area contributed by atoms with E-state index in [0.717, 1.165) is 37.1 Å². The third-order valence-corrected chi connectivity index (χ3v) is 4.53. The summed E-state index contributed by atoms with van der Waals surface area (Å²) in [5, 5.41) is 3.34. The van der Waals surface area contributed by atoms with Crippen molar-refractivity contribution in [3.63, 3.8) is 0 Å². The van der Waals surface area contributed by atoms with E-state index in [4.69, 9.17) is 10.5 Å². The molecule has 0 spiro atoms. The normalized spacial score (nSPS) is 16.2. The first kappa shape index (κ1) is 20.6. The zero-order valence-electron chi connectivity index (χ0n) is 15.1. The van der Waals surface area contributed by atoms with Gasteiger partial charge in [-0.05, 0) is 30.9 Å². The first-order valence-electron chi connectivity index (χ1n) is 9.15. The minimum atomic E-state index is 0. The van der Waals surface area contributed by atoms with E-state index in [2.05, 4.69) is 46.7 Å². The minimum absolute atomic E-state index is 0. The number of para-hydroxylation sites is 1. The van der Waals surface area contributed by atoms with Crippen LogP contribution in [0.25, 0.3) is 0 Å². The van der Waals surface area contributed by atoms with Gasteiger partial charge in [0.05, 0.1) is 12.6 Å². The van der Waals surface area contributed by atoms with Crippen LogP contribution in [0.1, 0.15) is 42.9 Å². The molecule has 3 rings (SSSR count). The van der Waals surface area contributed by atoms with Gasteiger partial charge in [-0.2, -0.15) is 0 Å². The number of fused-ring (bicyclic) bond motifs is 1. The van der Waals surface area contributed by atoms with Gasteiger partial charge in [0, 0.05) is 18.5 Å². The summed E-state index contributed by atoms with van der Waals surface area (Å²) >= 11 is 0. The Morgan fingerprint density at radius 1 is 1.04 bits per heavy atom. The van der Waals surface area contributed by atoms with E-state index < -0.39 is 0 Å². The topological polar surface area (TPSA) is 59.6 Å². The Balaban J connectivity index is 0.00000243. The summed E-state index contributed by atoms with van der Waals surface area (Å²) in [5.74, 6) is 1.48. The third-order valence-electron chi connectivity index (χ3n) is 4.53. The molecule has 0 saturated carbocycles. The van der Waals surface area contributed by atoms with Gasteiger partial charge in [-0.25, -0.2) is 0 Å². The number of hydrogen-bond donors (Lipinski definition) is 2. The van der Waals surface area contributed by atoms with Gasteiger partial charge in [-0.3, -0.25) is 4.99 Å². The van der Waals surface area contributed by atoms with Gasteiger partial charge in [0.25, 0.3) is 0 Å². The van der Waals surface area contributed by atoms with E-state index in [1.54, 1.807) is 0 Å². The second-order valence-corrected chi connectivity index (χ2v) is 6.44. The molecule has 0 radical (unpaired) electrons. The van der Waals surface area contributed by atoms with Crippen molar-refractivity contribution in [3.05, 3.63) is 65.7 Å². The highest BCUT2D eigenvalue weighted by Crippen LogP contribution is 2.31. The summed E-state index contributed by atoms with van der Waals surface area (Å²) in [7, 11) is 0. The van der Waals surface area contributed by atoms with Gasteiger partial charge in [0.2, 0.25) is 0 Å². The summed E-state index contributed by atoms with van der Waals surface area (Å²) in [5.41, 5.74) is 8.64. The molecule has 3 N–H and O–H groups in total. The largest absolute Gasteiger partial charge is 0.493 e. The molecule has 0 aromatic heterocycles. The van der Waals surface area contributed by atoms with Gasteiger partial charge in [0.15, 0.2) is 5.96 Å². The molecule has 0 fully saturated rings. The van der Waals surface area contributed by atoms with Gasteiger partial charge >= 0.3 is 0 Å². The Labute approximate surface area is 173 Å². The number of aryl methyl sites for hydroxylation is 1. The van der Waals surface area contributed by atoms with Crippen molar-refractivity contribution in [3.8, 4) is 5.75 Å². The zero-order valence-corrected chi connectivity index (χ0v) is 17.4. The van der Waals surface area contributed by atoms with E-state index in [1.165, 1.54) is 18.4 Å². The number of hydrogen-bond acceptors (Lipinski definition) is 2. The molecule has 1 atom stereocenters. The summed E-state index contributed by atoms with van der Waals surface area (Å²) in [6, 6.07) is 18.9. The van der Waals surface area contributed by atoms with Crippen LogP contribution in [0.15, 0.2) is 59.6 Å². The second kappa shape index (κ2) is 11.1. The Morgan fingerprint density at radius 2 is 1.81 bits per heavy atom. The fraction of sp³-hybridized carbons (Fsp3) is 0.381. The highest BCUT2D eigenvalue weighted by Gasteiger charge is 2.20. The Bertz CT molecular complexity index is 691. The highest BCUT2D eigenvalue weighted by molar-refractivity contribution is 14.0. The molecule has 1 unspecified atom stereocenters. The number of aliphatic imine (C=N–C) groups is 1. The molecule has 4 nitrogen and oxygen atoms in total. The van der Waals surface area contributed by atoms with Crippen LogP contribution in [0.3, 0.4) is 0 Å². The van der Waals surface area contributed by atoms with Gasteiger partial charge in [-0.1, -0.05) is 55.0 Å². The first-order chi connectivity index (χ1) is 12.3. The lowest BCUT2D eigenvalue weighted by atomic mass is 10.0. The fourth-order valence-corrected chi connectivity index (χ4v) is 3.18. The maximum Gasteiger partial charge on any atom is 0.189 e. The van der Waals surface area contributed by atoms with Crippen molar-refractivity contribution < 1.29 is 4.74 Å². The van der Waals surface area contributed by atoms with Crippen LogP contribution in [0.5, 0.6) is 5.75 Å². The van der Waals surface area contributed by atoms with Crippen molar-refractivity contribution >= 4 is 29.9 Å². The molecule has 140 valence electrons. The number of benzene rings is 2. The van der Waals surface area contributed by atoms with E-state index >= 15 is 0 Å². The summed E-state index contributed by atoms with van der Waals surface area (Å²) in [6.07, 6.45) is 5.48. The van der Waals surface area contributed by atoms with Crippen LogP contribution in [0, 0.1) is 0 Å². The molecule has 0 aliphatic carbocycles. The Kier molecular flexibility index (Phi) is 8.74. The van der Waals surface area contributed by atoms with Crippen molar-refractivity contribution in [2.45, 2.75) is 38.1 Å². The lowest BCUT2D eigenvalue weighted by Crippen LogP contribution is -2.37. The molecule has 1 heterocycles. The number of unbranched alkanes of at least 4 members (excludes halogenated alkanes) is 2. The molecule has 1 aliphatic rings. The Morgan fingerprint density at radius 3 is 2.65 bits per heavy atom. The van der Waals surface area contributed by atoms with E-state index in [9.17, 15) is 0 Å². The van der Waals surface area contributed by atoms with E-state index in [-0.39, 0.29) is 30.0 Å². The second-order valence-electron chi connectivity index (χ2n) is 6.44. The van der Waals surface area contributed by atoms with Crippen LogP contribution in [-0.4, -0.2) is 19.1 Å². The SMILES string of the molecule is I.NC(=NCCCCCc1ccccc1)NC1CCOc2ccccc21. The molecule has 0 bridgehead atoms. The predicted octanol–water partition coefficient (Wildman–Crippen LogP) is 4.45. The quantitative estimate of drug-likeness (QED) is 0.275. The van der Waals surface area contributed by atoms with Crippen LogP contribution >= 0.6 is 24.0 Å². The number of guanidine groups is 1.